The molecule has 0 N–H and O–H groups in total. The van der Waals surface area contributed by atoms with E-state index in [9.17, 15) is 9.18 Å². The van der Waals surface area contributed by atoms with Gasteiger partial charge in [0.15, 0.2) is 0 Å². The van der Waals surface area contributed by atoms with E-state index in [1.807, 2.05) is 4.90 Å². The molecule has 0 radical (unpaired) electrons. The summed E-state index contributed by atoms with van der Waals surface area (Å²) in [6.07, 6.45) is 1.92. The summed E-state index contributed by atoms with van der Waals surface area (Å²) in [6.45, 7) is 6.21. The molecule has 1 aliphatic heterocycles. The number of anilines is 1. The van der Waals surface area contributed by atoms with Crippen LogP contribution in [0.5, 0.6) is 0 Å². The van der Waals surface area contributed by atoms with Crippen LogP contribution in [0, 0.1) is 5.82 Å². The summed E-state index contributed by atoms with van der Waals surface area (Å²) in [5.41, 5.74) is 1.51. The van der Waals surface area contributed by atoms with Gasteiger partial charge in [-0.05, 0) is 56.4 Å². The number of fused-ring (bicyclic) bond motifs is 1. The summed E-state index contributed by atoms with van der Waals surface area (Å²) in [6, 6.07) is 4.70. The number of carbonyl (C=O) groups excluding carboxylic acids is 1. The second kappa shape index (κ2) is 5.72. The Morgan fingerprint density at radius 1 is 1.50 bits per heavy atom. The number of nitrogens with zero attached hydrogens (tertiary/aromatic N) is 1. The first-order chi connectivity index (χ1) is 9.36. The molecular weight excluding hydrogens is 277 g/mol. The van der Waals surface area contributed by atoms with Gasteiger partial charge in [-0.25, -0.2) is 4.39 Å². The van der Waals surface area contributed by atoms with Crippen LogP contribution in [0.15, 0.2) is 18.2 Å². The van der Waals surface area contributed by atoms with E-state index in [4.69, 9.17) is 11.6 Å². The third-order valence-electron chi connectivity index (χ3n) is 3.95. The predicted octanol–water partition coefficient (Wildman–Crippen LogP) is 4.46. The lowest BCUT2D eigenvalue weighted by Crippen LogP contribution is -2.51. The molecule has 110 valence electrons. The van der Waals surface area contributed by atoms with E-state index in [2.05, 4.69) is 20.8 Å². The SMILES string of the molecule is C[C@H]1CC(C)(C)N(C(=O)CCCCl)c2ccc(F)cc21. The molecule has 2 nitrogen and oxygen atoms in total. The lowest BCUT2D eigenvalue weighted by atomic mass is 9.80. The van der Waals surface area contributed by atoms with Crippen molar-refractivity contribution in [1.29, 1.82) is 0 Å². The van der Waals surface area contributed by atoms with Crippen molar-refractivity contribution in [3.63, 3.8) is 0 Å². The van der Waals surface area contributed by atoms with Crippen molar-refractivity contribution in [3.8, 4) is 0 Å². The Morgan fingerprint density at radius 2 is 2.20 bits per heavy atom. The normalized spacial score (nSPS) is 20.6. The zero-order valence-electron chi connectivity index (χ0n) is 12.2. The molecule has 1 atom stereocenters. The van der Waals surface area contributed by atoms with Gasteiger partial charge in [0.2, 0.25) is 5.91 Å². The van der Waals surface area contributed by atoms with Crippen LogP contribution in [0.2, 0.25) is 0 Å². The Morgan fingerprint density at radius 3 is 2.85 bits per heavy atom. The van der Waals surface area contributed by atoms with Gasteiger partial charge in [-0.15, -0.1) is 11.6 Å². The third kappa shape index (κ3) is 2.83. The molecule has 1 amide bonds. The van der Waals surface area contributed by atoms with E-state index in [0.717, 1.165) is 17.7 Å². The number of benzene rings is 1. The molecule has 1 aromatic carbocycles. The highest BCUT2D eigenvalue weighted by Crippen LogP contribution is 2.43. The van der Waals surface area contributed by atoms with Gasteiger partial charge in [0.25, 0.3) is 0 Å². The minimum Gasteiger partial charge on any atom is -0.307 e. The van der Waals surface area contributed by atoms with Gasteiger partial charge >= 0.3 is 0 Å². The maximum Gasteiger partial charge on any atom is 0.227 e. The monoisotopic (exact) mass is 297 g/mol. The highest BCUT2D eigenvalue weighted by atomic mass is 35.5. The maximum atomic E-state index is 13.5. The van der Waals surface area contributed by atoms with Gasteiger partial charge in [-0.3, -0.25) is 4.79 Å². The van der Waals surface area contributed by atoms with Crippen molar-refractivity contribution in [3.05, 3.63) is 29.6 Å². The number of halogens is 2. The lowest BCUT2D eigenvalue weighted by Gasteiger charge is -2.46. The third-order valence-corrected chi connectivity index (χ3v) is 4.21. The first-order valence-electron chi connectivity index (χ1n) is 7.05. The van der Waals surface area contributed by atoms with Crippen molar-refractivity contribution in [2.45, 2.75) is 51.5 Å². The van der Waals surface area contributed by atoms with Gasteiger partial charge in [0.1, 0.15) is 5.82 Å². The topological polar surface area (TPSA) is 20.3 Å². The van der Waals surface area contributed by atoms with E-state index in [1.54, 1.807) is 12.1 Å². The first-order valence-corrected chi connectivity index (χ1v) is 7.59. The number of hydrogen-bond acceptors (Lipinski definition) is 1. The number of hydrogen-bond donors (Lipinski definition) is 0. The predicted molar refractivity (Wildman–Crippen MR) is 81.0 cm³/mol. The van der Waals surface area contributed by atoms with Crippen LogP contribution in [0.4, 0.5) is 10.1 Å². The highest BCUT2D eigenvalue weighted by Gasteiger charge is 2.39. The van der Waals surface area contributed by atoms with Gasteiger partial charge in [-0.1, -0.05) is 6.92 Å². The zero-order chi connectivity index (χ0) is 14.9. The molecule has 0 bridgehead atoms. The van der Waals surface area contributed by atoms with Crippen LogP contribution in [0.3, 0.4) is 0 Å². The molecule has 20 heavy (non-hydrogen) atoms. The quantitative estimate of drug-likeness (QED) is 0.754. The number of rotatable bonds is 3. The molecular formula is C16H21ClFNO. The van der Waals surface area contributed by atoms with Crippen LogP contribution in [0.25, 0.3) is 0 Å². The zero-order valence-corrected chi connectivity index (χ0v) is 13.0. The van der Waals surface area contributed by atoms with Crippen molar-refractivity contribution in [2.24, 2.45) is 0 Å². The molecule has 1 heterocycles. The molecule has 0 fully saturated rings. The Labute approximate surface area is 124 Å². The summed E-state index contributed by atoms with van der Waals surface area (Å²) >= 11 is 5.68. The number of amides is 1. The van der Waals surface area contributed by atoms with Crippen LogP contribution in [-0.4, -0.2) is 17.3 Å². The number of alkyl halides is 1. The Balaban J connectivity index is 2.43. The Kier molecular flexibility index (Phi) is 4.38. The average molecular weight is 298 g/mol. The minimum absolute atomic E-state index is 0.0652. The van der Waals surface area contributed by atoms with Gasteiger partial charge in [0.05, 0.1) is 0 Å². The second-order valence-corrected chi connectivity index (χ2v) is 6.52. The molecule has 0 unspecified atom stereocenters. The fourth-order valence-corrected chi connectivity index (χ4v) is 3.34. The van der Waals surface area contributed by atoms with Crippen LogP contribution >= 0.6 is 11.6 Å². The largest absolute Gasteiger partial charge is 0.307 e. The molecule has 0 aromatic heterocycles. The van der Waals surface area contributed by atoms with E-state index in [0.29, 0.717) is 18.7 Å². The molecule has 0 saturated carbocycles. The lowest BCUT2D eigenvalue weighted by molar-refractivity contribution is -0.119. The average Bonchev–Trinajstić information content (AvgIpc) is 2.36. The first kappa shape index (κ1) is 15.3. The van der Waals surface area contributed by atoms with E-state index >= 15 is 0 Å². The summed E-state index contributed by atoms with van der Waals surface area (Å²) in [7, 11) is 0. The van der Waals surface area contributed by atoms with Gasteiger partial charge in [0, 0.05) is 23.5 Å². The Bertz CT molecular complexity index is 515. The van der Waals surface area contributed by atoms with Crippen molar-refractivity contribution in [1.82, 2.24) is 0 Å². The van der Waals surface area contributed by atoms with Crippen molar-refractivity contribution in [2.75, 3.05) is 10.8 Å². The molecule has 0 spiro atoms. The molecule has 2 rings (SSSR count). The smallest absolute Gasteiger partial charge is 0.227 e. The van der Waals surface area contributed by atoms with Crippen molar-refractivity contribution < 1.29 is 9.18 Å². The van der Waals surface area contributed by atoms with Gasteiger partial charge < -0.3 is 4.90 Å². The summed E-state index contributed by atoms with van der Waals surface area (Å²) in [4.78, 5) is 14.3. The second-order valence-electron chi connectivity index (χ2n) is 6.14. The van der Waals surface area contributed by atoms with Crippen LogP contribution in [-0.2, 0) is 4.79 Å². The van der Waals surface area contributed by atoms with Crippen LogP contribution in [0.1, 0.15) is 51.5 Å². The molecule has 1 aromatic rings. The van der Waals surface area contributed by atoms with Gasteiger partial charge in [-0.2, -0.15) is 0 Å². The van der Waals surface area contributed by atoms with E-state index in [1.165, 1.54) is 6.07 Å². The fraction of sp³-hybridized carbons (Fsp3) is 0.562. The Hall–Kier alpha value is -1.09. The highest BCUT2D eigenvalue weighted by molar-refractivity contribution is 6.18. The van der Waals surface area contributed by atoms with E-state index in [-0.39, 0.29) is 23.2 Å². The van der Waals surface area contributed by atoms with Crippen molar-refractivity contribution >= 4 is 23.2 Å². The summed E-state index contributed by atoms with van der Waals surface area (Å²) < 4.78 is 13.5. The van der Waals surface area contributed by atoms with Crippen LogP contribution < -0.4 is 4.90 Å². The molecule has 0 aliphatic carbocycles. The standard InChI is InChI=1S/C16H21ClFNO/c1-11-10-16(2,3)19(15(20)5-4-8-17)14-7-6-12(18)9-13(11)14/h6-7,9,11H,4-5,8,10H2,1-3H3/t11-/m0/s1. The summed E-state index contributed by atoms with van der Waals surface area (Å²) in [5.74, 6) is 0.541. The molecule has 0 saturated heterocycles. The minimum atomic E-state index is -0.256. The molecule has 4 heteroatoms. The number of carbonyl (C=O) groups is 1. The summed E-state index contributed by atoms with van der Waals surface area (Å²) in [5, 5.41) is 0. The maximum absolute atomic E-state index is 13.5. The molecule has 1 aliphatic rings. The van der Waals surface area contributed by atoms with E-state index < -0.39 is 0 Å². The fourth-order valence-electron chi connectivity index (χ4n) is 3.20.